The van der Waals surface area contributed by atoms with Gasteiger partial charge in [-0.05, 0) is 24.6 Å². The molecule has 0 bridgehead atoms. The number of nitrogens with one attached hydrogen (secondary N) is 1. The van der Waals surface area contributed by atoms with Gasteiger partial charge in [0.25, 0.3) is 5.56 Å². The summed E-state index contributed by atoms with van der Waals surface area (Å²) < 4.78 is 2.04. The minimum absolute atomic E-state index is 0.0564. The molecule has 0 unspecified atom stereocenters. The molecular formula is C17H19N5O. The van der Waals surface area contributed by atoms with Crippen molar-refractivity contribution < 1.29 is 0 Å². The minimum Gasteiger partial charge on any atom is -0.310 e. The van der Waals surface area contributed by atoms with Crippen LogP contribution in [-0.4, -0.2) is 44.3 Å². The van der Waals surface area contributed by atoms with Crippen LogP contribution >= 0.6 is 0 Å². The fourth-order valence-electron chi connectivity index (χ4n) is 3.04. The molecule has 0 amide bonds. The largest absolute Gasteiger partial charge is 0.310 e. The smallest absolute Gasteiger partial charge is 0.258 e. The van der Waals surface area contributed by atoms with Crippen LogP contribution in [0.4, 0.5) is 0 Å². The molecule has 1 fully saturated rings. The van der Waals surface area contributed by atoms with E-state index in [0.29, 0.717) is 11.4 Å². The number of aromatic amines is 1. The van der Waals surface area contributed by atoms with Crippen LogP contribution in [0.2, 0.25) is 0 Å². The third-order valence-electron chi connectivity index (χ3n) is 4.37. The molecule has 3 heterocycles. The molecule has 4 rings (SSSR count). The average molecular weight is 309 g/mol. The summed E-state index contributed by atoms with van der Waals surface area (Å²) in [5, 5.41) is 5.01. The molecule has 6 heteroatoms. The van der Waals surface area contributed by atoms with Crippen LogP contribution in [0, 0.1) is 6.92 Å². The van der Waals surface area contributed by atoms with Crippen LogP contribution in [0.15, 0.2) is 41.5 Å². The Bertz CT molecular complexity index is 891. The highest BCUT2D eigenvalue weighted by molar-refractivity contribution is 5.77. The number of aryl methyl sites for hydroxylation is 1. The molecule has 2 aromatic heterocycles. The number of hydrogen-bond donors (Lipinski definition) is 1. The van der Waals surface area contributed by atoms with Crippen molar-refractivity contribution in [1.82, 2.24) is 24.6 Å². The van der Waals surface area contributed by atoms with Gasteiger partial charge < -0.3 is 4.98 Å². The first-order chi connectivity index (χ1) is 11.2. The molecule has 23 heavy (non-hydrogen) atoms. The van der Waals surface area contributed by atoms with E-state index >= 15 is 0 Å². The average Bonchev–Trinajstić information content (AvgIpc) is 2.92. The highest BCUT2D eigenvalue weighted by Gasteiger charge is 2.28. The molecule has 0 saturated carbocycles. The number of aromatic nitrogens is 4. The van der Waals surface area contributed by atoms with E-state index in [9.17, 15) is 4.79 Å². The van der Waals surface area contributed by atoms with Crippen molar-refractivity contribution in [2.75, 3.05) is 19.6 Å². The van der Waals surface area contributed by atoms with Crippen molar-refractivity contribution >= 4 is 10.9 Å². The Morgan fingerprint density at radius 3 is 2.91 bits per heavy atom. The van der Waals surface area contributed by atoms with Gasteiger partial charge in [0.15, 0.2) is 0 Å². The lowest BCUT2D eigenvalue weighted by molar-refractivity contribution is 0.0995. The number of likely N-dealkylation sites (tertiary alicyclic amines) is 1. The summed E-state index contributed by atoms with van der Waals surface area (Å²) in [4.78, 5) is 21.8. The molecule has 0 atom stereocenters. The van der Waals surface area contributed by atoms with E-state index in [4.69, 9.17) is 0 Å². The summed E-state index contributed by atoms with van der Waals surface area (Å²) in [5.74, 6) is 0.757. The topological polar surface area (TPSA) is 66.8 Å². The second-order valence-corrected chi connectivity index (χ2v) is 6.19. The standard InChI is InChI=1S/C17H19N5O/c1-12-8-18-22(9-12)13-10-21(11-13)7-6-16-19-15-5-3-2-4-14(15)17(23)20-16/h2-5,8-9,13H,6-7,10-11H2,1H3,(H,19,20,23). The minimum atomic E-state index is -0.0564. The molecule has 118 valence electrons. The van der Waals surface area contributed by atoms with Gasteiger partial charge in [0.05, 0.1) is 23.1 Å². The highest BCUT2D eigenvalue weighted by atomic mass is 16.1. The van der Waals surface area contributed by atoms with Gasteiger partial charge in [0.2, 0.25) is 0 Å². The Morgan fingerprint density at radius 1 is 1.30 bits per heavy atom. The van der Waals surface area contributed by atoms with Crippen LogP contribution in [-0.2, 0) is 6.42 Å². The van der Waals surface area contributed by atoms with Gasteiger partial charge in [-0.2, -0.15) is 5.10 Å². The number of fused-ring (bicyclic) bond motifs is 1. The fourth-order valence-corrected chi connectivity index (χ4v) is 3.04. The van der Waals surface area contributed by atoms with Gasteiger partial charge in [-0.25, -0.2) is 4.98 Å². The molecule has 3 aromatic rings. The van der Waals surface area contributed by atoms with Gasteiger partial charge in [-0.1, -0.05) is 12.1 Å². The van der Waals surface area contributed by atoms with Crippen LogP contribution in [0.5, 0.6) is 0 Å². The summed E-state index contributed by atoms with van der Waals surface area (Å²) >= 11 is 0. The van der Waals surface area contributed by atoms with E-state index in [1.165, 1.54) is 5.56 Å². The van der Waals surface area contributed by atoms with Crippen LogP contribution in [0.1, 0.15) is 17.4 Å². The van der Waals surface area contributed by atoms with E-state index in [0.717, 1.165) is 37.4 Å². The van der Waals surface area contributed by atoms with E-state index in [-0.39, 0.29) is 5.56 Å². The number of benzene rings is 1. The predicted molar refractivity (Wildman–Crippen MR) is 88.5 cm³/mol. The lowest BCUT2D eigenvalue weighted by Crippen LogP contribution is -2.48. The second-order valence-electron chi connectivity index (χ2n) is 6.19. The molecule has 1 saturated heterocycles. The zero-order valence-electron chi connectivity index (χ0n) is 13.1. The maximum atomic E-state index is 12.0. The van der Waals surface area contributed by atoms with Crippen molar-refractivity contribution in [1.29, 1.82) is 0 Å². The van der Waals surface area contributed by atoms with Gasteiger partial charge in [0.1, 0.15) is 5.82 Å². The number of para-hydroxylation sites is 1. The van der Waals surface area contributed by atoms with E-state index < -0.39 is 0 Å². The third-order valence-corrected chi connectivity index (χ3v) is 4.37. The summed E-state index contributed by atoms with van der Waals surface area (Å²) in [6.07, 6.45) is 4.74. The maximum Gasteiger partial charge on any atom is 0.258 e. The quantitative estimate of drug-likeness (QED) is 0.793. The predicted octanol–water partition coefficient (Wildman–Crippen LogP) is 1.53. The van der Waals surface area contributed by atoms with E-state index in [1.54, 1.807) is 6.07 Å². The number of hydrogen-bond acceptors (Lipinski definition) is 4. The molecule has 1 aromatic carbocycles. The van der Waals surface area contributed by atoms with E-state index in [1.807, 2.05) is 29.1 Å². The first-order valence-corrected chi connectivity index (χ1v) is 7.90. The SMILES string of the molecule is Cc1cnn(C2CN(CCc3nc4ccccc4c(=O)[nH]3)C2)c1. The zero-order valence-corrected chi connectivity index (χ0v) is 13.1. The Labute approximate surface area is 133 Å². The Balaban J connectivity index is 1.38. The third kappa shape index (κ3) is 2.77. The summed E-state index contributed by atoms with van der Waals surface area (Å²) in [5.41, 5.74) is 1.90. The lowest BCUT2D eigenvalue weighted by atomic mass is 10.1. The maximum absolute atomic E-state index is 12.0. The number of H-pyrrole nitrogens is 1. The normalized spacial score (nSPS) is 15.9. The molecule has 1 N–H and O–H groups in total. The molecule has 0 spiro atoms. The molecular weight excluding hydrogens is 290 g/mol. The van der Waals surface area contributed by atoms with Gasteiger partial charge in [0, 0.05) is 32.3 Å². The Kier molecular flexibility index (Phi) is 3.46. The number of rotatable bonds is 4. The molecule has 0 aliphatic carbocycles. The van der Waals surface area contributed by atoms with Gasteiger partial charge in [-0.3, -0.25) is 14.4 Å². The molecule has 6 nitrogen and oxygen atoms in total. The first-order valence-electron chi connectivity index (χ1n) is 7.90. The van der Waals surface area contributed by atoms with Crippen molar-refractivity contribution in [3.63, 3.8) is 0 Å². The molecule has 1 aliphatic rings. The Morgan fingerprint density at radius 2 is 2.13 bits per heavy atom. The first kappa shape index (κ1) is 14.1. The second kappa shape index (κ2) is 5.62. The van der Waals surface area contributed by atoms with Crippen molar-refractivity contribution in [3.8, 4) is 0 Å². The van der Waals surface area contributed by atoms with Gasteiger partial charge >= 0.3 is 0 Å². The summed E-state index contributed by atoms with van der Waals surface area (Å²) in [6, 6.07) is 7.92. The van der Waals surface area contributed by atoms with Crippen molar-refractivity contribution in [2.24, 2.45) is 0 Å². The summed E-state index contributed by atoms with van der Waals surface area (Å²) in [7, 11) is 0. The summed E-state index contributed by atoms with van der Waals surface area (Å²) in [6.45, 7) is 4.96. The zero-order chi connectivity index (χ0) is 15.8. The van der Waals surface area contributed by atoms with Crippen molar-refractivity contribution in [3.05, 3.63) is 58.4 Å². The van der Waals surface area contributed by atoms with Gasteiger partial charge in [-0.15, -0.1) is 0 Å². The molecule has 0 radical (unpaired) electrons. The Hall–Kier alpha value is -2.47. The fraction of sp³-hybridized carbons (Fsp3) is 0.353. The highest BCUT2D eigenvalue weighted by Crippen LogP contribution is 2.20. The van der Waals surface area contributed by atoms with Crippen molar-refractivity contribution in [2.45, 2.75) is 19.4 Å². The van der Waals surface area contributed by atoms with E-state index in [2.05, 4.69) is 33.1 Å². The molecule has 1 aliphatic heterocycles. The lowest BCUT2D eigenvalue weighted by Gasteiger charge is -2.39. The van der Waals surface area contributed by atoms with Crippen LogP contribution in [0.3, 0.4) is 0 Å². The monoisotopic (exact) mass is 309 g/mol. The van der Waals surface area contributed by atoms with Crippen LogP contribution < -0.4 is 5.56 Å². The number of nitrogens with zero attached hydrogens (tertiary/aromatic N) is 4. The van der Waals surface area contributed by atoms with Crippen LogP contribution in [0.25, 0.3) is 10.9 Å².